The van der Waals surface area contributed by atoms with Gasteiger partial charge in [-0.25, -0.2) is 4.79 Å². The van der Waals surface area contributed by atoms with Crippen LogP contribution in [-0.4, -0.2) is 23.5 Å². The van der Waals surface area contributed by atoms with Gasteiger partial charge in [0.05, 0.1) is 0 Å². The highest BCUT2D eigenvalue weighted by atomic mass is 35.5. The number of benzene rings is 1. The van der Waals surface area contributed by atoms with E-state index in [4.69, 9.17) is 16.3 Å². The molecule has 0 spiro atoms. The molecule has 5 heteroatoms. The van der Waals surface area contributed by atoms with Gasteiger partial charge in [-0.2, -0.15) is 0 Å². The maximum Gasteiger partial charge on any atom is 0.407 e. The minimum atomic E-state index is -0.556. The summed E-state index contributed by atoms with van der Waals surface area (Å²) in [6.45, 7) is 7.30. The molecule has 116 valence electrons. The van der Waals surface area contributed by atoms with Crippen molar-refractivity contribution >= 4 is 23.5 Å². The van der Waals surface area contributed by atoms with E-state index in [1.54, 1.807) is 45.0 Å². The number of ether oxygens (including phenoxy) is 1. The van der Waals surface area contributed by atoms with Crippen LogP contribution in [0.1, 0.15) is 50.9 Å². The summed E-state index contributed by atoms with van der Waals surface area (Å²) in [7, 11) is 0. The van der Waals surface area contributed by atoms with E-state index in [-0.39, 0.29) is 18.2 Å². The first-order valence-corrected chi connectivity index (χ1v) is 7.37. The fourth-order valence-corrected chi connectivity index (χ4v) is 1.97. The van der Waals surface area contributed by atoms with Gasteiger partial charge in [-0.3, -0.25) is 4.79 Å². The number of hydrogen-bond acceptors (Lipinski definition) is 3. The molecule has 1 amide bonds. The van der Waals surface area contributed by atoms with Gasteiger partial charge in [0.1, 0.15) is 5.60 Å². The largest absolute Gasteiger partial charge is 0.444 e. The standard InChI is InChI=1S/C16H22ClNO3/c1-5-13(18-15(20)21-16(2,3)4)10-14(19)11-7-6-8-12(17)9-11/h6-9,13H,5,10H2,1-4H3,(H,18,20). The van der Waals surface area contributed by atoms with Crippen LogP contribution in [-0.2, 0) is 4.74 Å². The Morgan fingerprint density at radius 2 is 2.00 bits per heavy atom. The summed E-state index contributed by atoms with van der Waals surface area (Å²) in [6, 6.07) is 6.54. The lowest BCUT2D eigenvalue weighted by Crippen LogP contribution is -2.39. The van der Waals surface area contributed by atoms with Gasteiger partial charge in [0.15, 0.2) is 5.78 Å². The molecule has 21 heavy (non-hydrogen) atoms. The molecule has 0 saturated heterocycles. The van der Waals surface area contributed by atoms with E-state index in [9.17, 15) is 9.59 Å². The topological polar surface area (TPSA) is 55.4 Å². The zero-order chi connectivity index (χ0) is 16.0. The third-order valence-corrected chi connectivity index (χ3v) is 3.03. The van der Waals surface area contributed by atoms with Crippen molar-refractivity contribution in [2.45, 2.75) is 52.2 Å². The molecular formula is C16H22ClNO3. The minimum absolute atomic E-state index is 0.0552. The van der Waals surface area contributed by atoms with Gasteiger partial charge in [0, 0.05) is 23.0 Å². The van der Waals surface area contributed by atoms with Crippen LogP contribution in [0.3, 0.4) is 0 Å². The van der Waals surface area contributed by atoms with Gasteiger partial charge in [0.2, 0.25) is 0 Å². The molecular weight excluding hydrogens is 290 g/mol. The van der Waals surface area contributed by atoms with Gasteiger partial charge < -0.3 is 10.1 Å². The molecule has 0 radical (unpaired) electrons. The summed E-state index contributed by atoms with van der Waals surface area (Å²) < 4.78 is 5.19. The van der Waals surface area contributed by atoms with Crippen LogP contribution in [0.15, 0.2) is 24.3 Å². The Morgan fingerprint density at radius 3 is 2.52 bits per heavy atom. The monoisotopic (exact) mass is 311 g/mol. The number of ketones is 1. The van der Waals surface area contributed by atoms with Crippen molar-refractivity contribution in [1.29, 1.82) is 0 Å². The number of hydrogen-bond donors (Lipinski definition) is 1. The minimum Gasteiger partial charge on any atom is -0.444 e. The van der Waals surface area contributed by atoms with Crippen LogP contribution in [0.2, 0.25) is 5.02 Å². The number of amides is 1. The summed E-state index contributed by atoms with van der Waals surface area (Å²) in [5.74, 6) is -0.0552. The highest BCUT2D eigenvalue weighted by Gasteiger charge is 2.20. The molecule has 0 bridgehead atoms. The van der Waals surface area contributed by atoms with Crippen molar-refractivity contribution in [2.75, 3.05) is 0 Å². The number of nitrogens with one attached hydrogen (secondary N) is 1. The Kier molecular flexibility index (Phi) is 6.21. The highest BCUT2D eigenvalue weighted by Crippen LogP contribution is 2.14. The molecule has 0 saturated carbocycles. The molecule has 1 unspecified atom stereocenters. The van der Waals surface area contributed by atoms with Gasteiger partial charge in [-0.1, -0.05) is 30.7 Å². The van der Waals surface area contributed by atoms with Crippen molar-refractivity contribution in [3.05, 3.63) is 34.9 Å². The SMILES string of the molecule is CCC(CC(=O)c1cccc(Cl)c1)NC(=O)OC(C)(C)C. The molecule has 0 aliphatic carbocycles. The van der Waals surface area contributed by atoms with Gasteiger partial charge in [0.25, 0.3) is 0 Å². The molecule has 0 fully saturated rings. The molecule has 0 aromatic heterocycles. The number of carbonyl (C=O) groups is 2. The van der Waals surface area contributed by atoms with E-state index in [2.05, 4.69) is 5.32 Å². The third-order valence-electron chi connectivity index (χ3n) is 2.79. The molecule has 1 N–H and O–H groups in total. The lowest BCUT2D eigenvalue weighted by atomic mass is 10.0. The summed E-state index contributed by atoms with van der Waals surface area (Å²) in [4.78, 5) is 23.9. The number of halogens is 1. The van der Waals surface area contributed by atoms with Gasteiger partial charge in [-0.05, 0) is 39.3 Å². The molecule has 0 aliphatic rings. The van der Waals surface area contributed by atoms with E-state index in [1.807, 2.05) is 6.92 Å². The Balaban J connectivity index is 2.62. The van der Waals surface area contributed by atoms with E-state index in [0.717, 1.165) is 0 Å². The predicted molar refractivity (Wildman–Crippen MR) is 83.8 cm³/mol. The maximum absolute atomic E-state index is 12.2. The fourth-order valence-electron chi connectivity index (χ4n) is 1.78. The van der Waals surface area contributed by atoms with E-state index < -0.39 is 11.7 Å². The van der Waals surface area contributed by atoms with Crippen molar-refractivity contribution in [3.63, 3.8) is 0 Å². The maximum atomic E-state index is 12.2. The van der Waals surface area contributed by atoms with Crippen LogP contribution in [0.25, 0.3) is 0 Å². The van der Waals surface area contributed by atoms with Crippen molar-refractivity contribution in [1.82, 2.24) is 5.32 Å². The van der Waals surface area contributed by atoms with E-state index in [0.29, 0.717) is 17.0 Å². The summed E-state index contributed by atoms with van der Waals surface area (Å²) in [5, 5.41) is 3.25. The third kappa shape index (κ3) is 6.63. The van der Waals surface area contributed by atoms with Crippen LogP contribution < -0.4 is 5.32 Å². The second-order valence-corrected chi connectivity index (χ2v) is 6.33. The van der Waals surface area contributed by atoms with Crippen LogP contribution in [0, 0.1) is 0 Å². The fraction of sp³-hybridized carbons (Fsp3) is 0.500. The molecule has 0 heterocycles. The summed E-state index contributed by atoms with van der Waals surface area (Å²) in [6.07, 6.45) is 0.356. The molecule has 0 aliphatic heterocycles. The molecule has 1 rings (SSSR count). The predicted octanol–water partition coefficient (Wildman–Crippen LogP) is 4.22. The van der Waals surface area contributed by atoms with Gasteiger partial charge in [-0.15, -0.1) is 0 Å². The Bertz CT molecular complexity index is 508. The van der Waals surface area contributed by atoms with Gasteiger partial charge >= 0.3 is 6.09 Å². The molecule has 1 aromatic rings. The van der Waals surface area contributed by atoms with Crippen LogP contribution in [0.4, 0.5) is 4.79 Å². The van der Waals surface area contributed by atoms with Crippen molar-refractivity contribution < 1.29 is 14.3 Å². The van der Waals surface area contributed by atoms with E-state index >= 15 is 0 Å². The lowest BCUT2D eigenvalue weighted by Gasteiger charge is -2.22. The normalized spacial score (nSPS) is 12.6. The number of Topliss-reactive ketones (excluding diaryl/α,β-unsaturated/α-hetero) is 1. The Labute approximate surface area is 130 Å². The number of carbonyl (C=O) groups excluding carboxylic acids is 2. The van der Waals surface area contributed by atoms with Crippen molar-refractivity contribution in [2.24, 2.45) is 0 Å². The Morgan fingerprint density at radius 1 is 1.33 bits per heavy atom. The first kappa shape index (κ1) is 17.5. The number of rotatable bonds is 5. The zero-order valence-electron chi connectivity index (χ0n) is 12.9. The summed E-state index contributed by atoms with van der Waals surface area (Å²) >= 11 is 5.87. The second-order valence-electron chi connectivity index (χ2n) is 5.89. The molecule has 1 atom stereocenters. The quantitative estimate of drug-likeness (QED) is 0.828. The average molecular weight is 312 g/mol. The second kappa shape index (κ2) is 7.46. The Hall–Kier alpha value is -1.55. The smallest absolute Gasteiger partial charge is 0.407 e. The molecule has 4 nitrogen and oxygen atoms in total. The van der Waals surface area contributed by atoms with E-state index in [1.165, 1.54) is 0 Å². The average Bonchev–Trinajstić information content (AvgIpc) is 2.35. The first-order chi connectivity index (χ1) is 9.71. The first-order valence-electron chi connectivity index (χ1n) is 6.99. The summed E-state index contributed by atoms with van der Waals surface area (Å²) in [5.41, 5.74) is -0.00812. The van der Waals surface area contributed by atoms with Crippen LogP contribution in [0.5, 0.6) is 0 Å². The molecule has 1 aromatic carbocycles. The number of alkyl carbamates (subject to hydrolysis) is 1. The highest BCUT2D eigenvalue weighted by molar-refractivity contribution is 6.31. The van der Waals surface area contributed by atoms with Crippen LogP contribution >= 0.6 is 11.6 Å². The lowest BCUT2D eigenvalue weighted by molar-refractivity contribution is 0.0500. The zero-order valence-corrected chi connectivity index (χ0v) is 13.7. The van der Waals surface area contributed by atoms with Crippen molar-refractivity contribution in [3.8, 4) is 0 Å².